The zero-order valence-electron chi connectivity index (χ0n) is 11.5. The van der Waals surface area contributed by atoms with Crippen LogP contribution in [0.2, 0.25) is 0 Å². The number of methoxy groups -OCH3 is 1. The zero-order chi connectivity index (χ0) is 14.1. The second-order valence-electron chi connectivity index (χ2n) is 3.79. The Labute approximate surface area is 124 Å². The van der Waals surface area contributed by atoms with Gasteiger partial charge in [-0.3, -0.25) is 4.79 Å². The van der Waals surface area contributed by atoms with Gasteiger partial charge in [-0.1, -0.05) is 6.07 Å². The molecule has 1 amide bonds. The number of amides is 1. The number of carbonyl (C=O) groups is 2. The van der Waals surface area contributed by atoms with Crippen LogP contribution in [-0.4, -0.2) is 39.2 Å². The molecule has 112 valence electrons. The Morgan fingerprint density at radius 3 is 2.70 bits per heavy atom. The summed E-state index contributed by atoms with van der Waals surface area (Å²) in [6, 6.07) is 6.84. The molecule has 1 rings (SSSR count). The molecule has 0 spiro atoms. The number of ether oxygens (including phenoxy) is 2. The summed E-state index contributed by atoms with van der Waals surface area (Å²) in [5, 5.41) is 5.64. The first-order chi connectivity index (χ1) is 9.15. The van der Waals surface area contributed by atoms with Crippen molar-refractivity contribution in [3.63, 3.8) is 0 Å². The molecule has 0 aromatic heterocycles. The summed E-state index contributed by atoms with van der Waals surface area (Å²) < 4.78 is 9.69. The van der Waals surface area contributed by atoms with E-state index >= 15 is 0 Å². The summed E-state index contributed by atoms with van der Waals surface area (Å²) in [7, 11) is 3.08. The van der Waals surface area contributed by atoms with Gasteiger partial charge in [-0.05, 0) is 19.2 Å². The zero-order valence-corrected chi connectivity index (χ0v) is 12.3. The lowest BCUT2D eigenvalue weighted by Crippen LogP contribution is -2.18. The Morgan fingerprint density at radius 1 is 1.30 bits per heavy atom. The predicted octanol–water partition coefficient (Wildman–Crippen LogP) is 1.21. The van der Waals surface area contributed by atoms with E-state index in [0.29, 0.717) is 24.4 Å². The topological polar surface area (TPSA) is 76.7 Å². The Kier molecular flexibility index (Phi) is 9.15. The van der Waals surface area contributed by atoms with Crippen LogP contribution < -0.4 is 15.4 Å². The number of esters is 1. The van der Waals surface area contributed by atoms with Crippen molar-refractivity contribution in [1.29, 1.82) is 0 Å². The molecule has 20 heavy (non-hydrogen) atoms. The molecule has 2 N–H and O–H groups in total. The van der Waals surface area contributed by atoms with Crippen LogP contribution in [-0.2, 0) is 14.3 Å². The first-order valence-electron chi connectivity index (χ1n) is 5.90. The van der Waals surface area contributed by atoms with Gasteiger partial charge in [0, 0.05) is 24.7 Å². The van der Waals surface area contributed by atoms with E-state index < -0.39 is 5.97 Å². The molecule has 7 heteroatoms. The molecular weight excluding hydrogens is 284 g/mol. The van der Waals surface area contributed by atoms with Crippen molar-refractivity contribution in [1.82, 2.24) is 5.32 Å². The van der Waals surface area contributed by atoms with Crippen molar-refractivity contribution in [2.24, 2.45) is 0 Å². The number of hydrogen-bond donors (Lipinski definition) is 2. The highest BCUT2D eigenvalue weighted by atomic mass is 35.5. The molecule has 0 aliphatic heterocycles. The summed E-state index contributed by atoms with van der Waals surface area (Å²) in [6.45, 7) is 0.456. The van der Waals surface area contributed by atoms with Gasteiger partial charge in [0.05, 0.1) is 7.11 Å². The van der Waals surface area contributed by atoms with Crippen molar-refractivity contribution in [3.05, 3.63) is 24.3 Å². The Balaban J connectivity index is 0.00000361. The van der Waals surface area contributed by atoms with Crippen LogP contribution >= 0.6 is 12.4 Å². The van der Waals surface area contributed by atoms with Gasteiger partial charge in [-0.2, -0.15) is 0 Å². The number of hydrogen-bond acceptors (Lipinski definition) is 5. The second-order valence-corrected chi connectivity index (χ2v) is 3.79. The lowest BCUT2D eigenvalue weighted by atomic mass is 10.3. The van der Waals surface area contributed by atoms with Gasteiger partial charge >= 0.3 is 5.97 Å². The van der Waals surface area contributed by atoms with E-state index in [0.717, 1.165) is 0 Å². The summed E-state index contributed by atoms with van der Waals surface area (Å²) in [4.78, 5) is 22.5. The number of halogens is 1. The van der Waals surface area contributed by atoms with Crippen LogP contribution in [0.5, 0.6) is 5.75 Å². The normalized spacial score (nSPS) is 9.30. The third-order valence-corrected chi connectivity index (χ3v) is 2.30. The molecule has 6 nitrogen and oxygen atoms in total. The Morgan fingerprint density at radius 2 is 2.05 bits per heavy atom. The molecule has 0 aliphatic carbocycles. The van der Waals surface area contributed by atoms with Gasteiger partial charge in [0.25, 0.3) is 0 Å². The molecule has 0 heterocycles. The number of nitrogens with one attached hydrogen (secondary N) is 2. The highest BCUT2D eigenvalue weighted by molar-refractivity contribution is 5.91. The van der Waals surface area contributed by atoms with Crippen LogP contribution in [0.4, 0.5) is 5.69 Å². The molecule has 0 atom stereocenters. The molecule has 0 bridgehead atoms. The van der Waals surface area contributed by atoms with E-state index in [1.165, 1.54) is 7.11 Å². The van der Waals surface area contributed by atoms with Crippen molar-refractivity contribution in [3.8, 4) is 5.75 Å². The quantitative estimate of drug-likeness (QED) is 0.740. The second kappa shape index (κ2) is 10.1. The molecule has 0 saturated heterocycles. The summed E-state index contributed by atoms with van der Waals surface area (Å²) in [5.74, 6) is -0.0419. The Hall–Kier alpha value is -1.79. The van der Waals surface area contributed by atoms with Gasteiger partial charge < -0.3 is 20.1 Å². The Bertz CT molecular complexity index is 440. The third-order valence-electron chi connectivity index (χ3n) is 2.30. The van der Waals surface area contributed by atoms with Gasteiger partial charge in [0.2, 0.25) is 5.91 Å². The van der Waals surface area contributed by atoms with Crippen molar-refractivity contribution >= 4 is 30.0 Å². The third kappa shape index (κ3) is 6.96. The maximum absolute atomic E-state index is 11.5. The van der Waals surface area contributed by atoms with Crippen molar-refractivity contribution < 1.29 is 19.1 Å². The molecular formula is C13H19ClN2O4. The standard InChI is InChI=1S/C13H18N2O4.ClH/c1-14-7-6-12(16)15-10-4-3-5-11(8-10)19-9-13(17)18-2;/h3-5,8,14H,6-7,9H2,1-2H3,(H,15,16);1H. The molecule has 0 aliphatic rings. The number of carbonyl (C=O) groups excluding carboxylic acids is 2. The maximum atomic E-state index is 11.5. The maximum Gasteiger partial charge on any atom is 0.343 e. The van der Waals surface area contributed by atoms with E-state index in [4.69, 9.17) is 4.74 Å². The molecule has 1 aromatic carbocycles. The summed E-state index contributed by atoms with van der Waals surface area (Å²) in [5.41, 5.74) is 0.628. The summed E-state index contributed by atoms with van der Waals surface area (Å²) in [6.07, 6.45) is 0.393. The smallest absolute Gasteiger partial charge is 0.343 e. The minimum Gasteiger partial charge on any atom is -0.482 e. The highest BCUT2D eigenvalue weighted by Gasteiger charge is 2.04. The monoisotopic (exact) mass is 302 g/mol. The lowest BCUT2D eigenvalue weighted by molar-refractivity contribution is -0.142. The van der Waals surface area contributed by atoms with E-state index in [2.05, 4.69) is 15.4 Å². The fourth-order valence-corrected chi connectivity index (χ4v) is 1.33. The number of benzene rings is 1. The largest absolute Gasteiger partial charge is 0.482 e. The molecule has 1 aromatic rings. The fourth-order valence-electron chi connectivity index (χ4n) is 1.33. The molecule has 0 saturated carbocycles. The minimum absolute atomic E-state index is 0. The SMILES string of the molecule is CNCCC(=O)Nc1cccc(OCC(=O)OC)c1.Cl. The first kappa shape index (κ1) is 18.2. The summed E-state index contributed by atoms with van der Waals surface area (Å²) >= 11 is 0. The average Bonchev–Trinajstić information content (AvgIpc) is 2.43. The molecule has 0 unspecified atom stereocenters. The van der Waals surface area contributed by atoms with Crippen molar-refractivity contribution in [2.45, 2.75) is 6.42 Å². The van der Waals surface area contributed by atoms with Crippen LogP contribution in [0.25, 0.3) is 0 Å². The van der Waals surface area contributed by atoms with E-state index in [9.17, 15) is 9.59 Å². The van der Waals surface area contributed by atoms with E-state index in [-0.39, 0.29) is 24.9 Å². The highest BCUT2D eigenvalue weighted by Crippen LogP contribution is 2.17. The first-order valence-corrected chi connectivity index (χ1v) is 5.90. The molecule has 0 radical (unpaired) electrons. The minimum atomic E-state index is -0.455. The number of anilines is 1. The predicted molar refractivity (Wildman–Crippen MR) is 78.4 cm³/mol. The van der Waals surface area contributed by atoms with Crippen LogP contribution in [0.3, 0.4) is 0 Å². The van der Waals surface area contributed by atoms with Gasteiger partial charge in [-0.15, -0.1) is 12.4 Å². The van der Waals surface area contributed by atoms with Crippen LogP contribution in [0, 0.1) is 0 Å². The van der Waals surface area contributed by atoms with Crippen LogP contribution in [0.1, 0.15) is 6.42 Å². The van der Waals surface area contributed by atoms with Gasteiger partial charge in [0.1, 0.15) is 5.75 Å². The van der Waals surface area contributed by atoms with Crippen molar-refractivity contribution in [2.75, 3.05) is 32.6 Å². The van der Waals surface area contributed by atoms with Crippen LogP contribution in [0.15, 0.2) is 24.3 Å². The fraction of sp³-hybridized carbons (Fsp3) is 0.385. The molecule has 0 fully saturated rings. The van der Waals surface area contributed by atoms with E-state index in [1.807, 2.05) is 0 Å². The van der Waals surface area contributed by atoms with Gasteiger partial charge in [-0.25, -0.2) is 4.79 Å². The lowest BCUT2D eigenvalue weighted by Gasteiger charge is -2.08. The number of rotatable bonds is 7. The van der Waals surface area contributed by atoms with Gasteiger partial charge in [0.15, 0.2) is 6.61 Å². The van der Waals surface area contributed by atoms with E-state index in [1.54, 1.807) is 31.3 Å². The average molecular weight is 303 g/mol.